The van der Waals surface area contributed by atoms with Gasteiger partial charge in [-0.2, -0.15) is 0 Å². The van der Waals surface area contributed by atoms with Crippen LogP contribution in [-0.2, 0) is 20.7 Å². The van der Waals surface area contributed by atoms with E-state index in [9.17, 15) is 9.59 Å². The monoisotopic (exact) mass is 236 g/mol. The number of carbonyl (C=O) groups is 2. The molecule has 1 aromatic carbocycles. The van der Waals surface area contributed by atoms with Gasteiger partial charge < -0.3 is 9.47 Å². The molecule has 0 heterocycles. The van der Waals surface area contributed by atoms with Crippen LogP contribution in [0.2, 0.25) is 0 Å². The zero-order valence-electron chi connectivity index (χ0n) is 10.3. The van der Waals surface area contributed by atoms with Crippen LogP contribution in [-0.4, -0.2) is 26.2 Å². The Labute approximate surface area is 101 Å². The first-order valence-corrected chi connectivity index (χ1v) is 5.33. The fourth-order valence-electron chi connectivity index (χ4n) is 1.66. The van der Waals surface area contributed by atoms with Crippen LogP contribution in [0.1, 0.15) is 27.9 Å². The summed E-state index contributed by atoms with van der Waals surface area (Å²) in [6, 6.07) is 5.40. The van der Waals surface area contributed by atoms with Crippen LogP contribution in [0.4, 0.5) is 0 Å². The number of hydrogen-bond donors (Lipinski definition) is 0. The highest BCUT2D eigenvalue weighted by atomic mass is 16.5. The first-order chi connectivity index (χ1) is 8.10. The van der Waals surface area contributed by atoms with E-state index in [2.05, 4.69) is 4.74 Å². The highest BCUT2D eigenvalue weighted by molar-refractivity contribution is 5.91. The molecule has 0 aliphatic carbocycles. The van der Waals surface area contributed by atoms with Crippen molar-refractivity contribution >= 4 is 11.9 Å². The minimum atomic E-state index is -0.381. The molecule has 0 atom stereocenters. The van der Waals surface area contributed by atoms with E-state index in [0.29, 0.717) is 12.0 Å². The molecular weight excluding hydrogens is 220 g/mol. The van der Waals surface area contributed by atoms with Crippen molar-refractivity contribution in [3.63, 3.8) is 0 Å². The van der Waals surface area contributed by atoms with Gasteiger partial charge in [-0.25, -0.2) is 4.79 Å². The molecule has 1 aromatic rings. The third kappa shape index (κ3) is 3.31. The van der Waals surface area contributed by atoms with Crippen LogP contribution in [0.3, 0.4) is 0 Å². The van der Waals surface area contributed by atoms with Gasteiger partial charge in [-0.1, -0.05) is 12.1 Å². The van der Waals surface area contributed by atoms with E-state index in [1.54, 1.807) is 12.1 Å². The van der Waals surface area contributed by atoms with Gasteiger partial charge in [-0.15, -0.1) is 0 Å². The molecule has 1 rings (SSSR count). The molecule has 4 heteroatoms. The van der Waals surface area contributed by atoms with Crippen LogP contribution in [0.5, 0.6) is 0 Å². The molecule has 92 valence electrons. The maximum absolute atomic E-state index is 11.6. The molecule has 0 saturated heterocycles. The largest absolute Gasteiger partial charge is 0.469 e. The maximum Gasteiger partial charge on any atom is 0.338 e. The third-order valence-corrected chi connectivity index (χ3v) is 2.62. The molecule has 17 heavy (non-hydrogen) atoms. The van der Waals surface area contributed by atoms with Gasteiger partial charge in [-0.3, -0.25) is 4.79 Å². The van der Waals surface area contributed by atoms with Crippen LogP contribution in [0, 0.1) is 6.92 Å². The summed E-state index contributed by atoms with van der Waals surface area (Å²) in [5.41, 5.74) is 2.32. The second-order valence-electron chi connectivity index (χ2n) is 3.67. The van der Waals surface area contributed by atoms with Crippen LogP contribution in [0.15, 0.2) is 18.2 Å². The van der Waals surface area contributed by atoms with Crippen molar-refractivity contribution in [2.45, 2.75) is 19.8 Å². The molecule has 0 spiro atoms. The number of ether oxygens (including phenoxy) is 2. The molecule has 0 bridgehead atoms. The van der Waals surface area contributed by atoms with E-state index in [0.717, 1.165) is 11.1 Å². The molecule has 4 nitrogen and oxygen atoms in total. The van der Waals surface area contributed by atoms with Crippen molar-refractivity contribution in [2.75, 3.05) is 14.2 Å². The third-order valence-electron chi connectivity index (χ3n) is 2.62. The smallest absolute Gasteiger partial charge is 0.338 e. The molecule has 0 aliphatic heterocycles. The summed E-state index contributed by atoms with van der Waals surface area (Å²) in [6.45, 7) is 1.90. The van der Waals surface area contributed by atoms with Crippen molar-refractivity contribution in [1.29, 1.82) is 0 Å². The number of benzene rings is 1. The maximum atomic E-state index is 11.6. The average molecular weight is 236 g/mol. The molecule has 0 amide bonds. The second-order valence-corrected chi connectivity index (χ2v) is 3.67. The Hall–Kier alpha value is -1.84. The topological polar surface area (TPSA) is 52.6 Å². The highest BCUT2D eigenvalue weighted by Gasteiger charge is 2.14. The first kappa shape index (κ1) is 13.2. The number of esters is 2. The SMILES string of the molecule is COC(=O)CCc1c(C)cccc1C(=O)OC. The van der Waals surface area contributed by atoms with Crippen molar-refractivity contribution in [3.05, 3.63) is 34.9 Å². The Morgan fingerprint density at radius 1 is 1.18 bits per heavy atom. The van der Waals surface area contributed by atoms with E-state index in [4.69, 9.17) is 4.74 Å². The molecule has 0 unspecified atom stereocenters. The molecule has 0 radical (unpaired) electrons. The lowest BCUT2D eigenvalue weighted by molar-refractivity contribution is -0.140. The summed E-state index contributed by atoms with van der Waals surface area (Å²) in [7, 11) is 2.69. The summed E-state index contributed by atoms with van der Waals surface area (Å²) in [5.74, 6) is -0.669. The fourth-order valence-corrected chi connectivity index (χ4v) is 1.66. The first-order valence-electron chi connectivity index (χ1n) is 5.33. The Balaban J connectivity index is 2.95. The van der Waals surface area contributed by atoms with Gasteiger partial charge >= 0.3 is 11.9 Å². The van der Waals surface area contributed by atoms with Crippen LogP contribution < -0.4 is 0 Å². The Kier molecular flexibility index (Phi) is 4.69. The molecule has 0 N–H and O–H groups in total. The summed E-state index contributed by atoms with van der Waals surface area (Å²) in [4.78, 5) is 22.7. The standard InChI is InChI=1S/C13H16O4/c1-9-5-4-6-11(13(15)17-3)10(9)7-8-12(14)16-2/h4-6H,7-8H2,1-3H3. The quantitative estimate of drug-likeness (QED) is 0.749. The molecule has 0 saturated carbocycles. The van der Waals surface area contributed by atoms with Gasteiger partial charge in [0.15, 0.2) is 0 Å². The van der Waals surface area contributed by atoms with E-state index < -0.39 is 0 Å². The van der Waals surface area contributed by atoms with Gasteiger partial charge in [0.2, 0.25) is 0 Å². The lowest BCUT2D eigenvalue weighted by atomic mass is 9.98. The Bertz CT molecular complexity index is 423. The predicted molar refractivity (Wildman–Crippen MR) is 62.9 cm³/mol. The van der Waals surface area contributed by atoms with Gasteiger partial charge in [0.25, 0.3) is 0 Å². The fraction of sp³-hybridized carbons (Fsp3) is 0.385. The number of aryl methyl sites for hydroxylation is 1. The number of hydrogen-bond acceptors (Lipinski definition) is 4. The van der Waals surface area contributed by atoms with Crippen molar-refractivity contribution < 1.29 is 19.1 Å². The highest BCUT2D eigenvalue weighted by Crippen LogP contribution is 2.17. The zero-order valence-corrected chi connectivity index (χ0v) is 10.3. The van der Waals surface area contributed by atoms with Crippen LogP contribution >= 0.6 is 0 Å². The van der Waals surface area contributed by atoms with E-state index in [1.807, 2.05) is 13.0 Å². The van der Waals surface area contributed by atoms with Gasteiger partial charge in [0.1, 0.15) is 0 Å². The van der Waals surface area contributed by atoms with E-state index in [-0.39, 0.29) is 18.4 Å². The normalized spacial score (nSPS) is 9.82. The summed E-state index contributed by atoms with van der Waals surface area (Å²) in [6.07, 6.45) is 0.731. The number of rotatable bonds is 4. The van der Waals surface area contributed by atoms with Crippen molar-refractivity contribution in [3.8, 4) is 0 Å². The molecule has 0 aromatic heterocycles. The van der Waals surface area contributed by atoms with Crippen molar-refractivity contribution in [2.24, 2.45) is 0 Å². The van der Waals surface area contributed by atoms with Gasteiger partial charge in [-0.05, 0) is 30.5 Å². The predicted octanol–water partition coefficient (Wildman–Crippen LogP) is 1.89. The lowest BCUT2D eigenvalue weighted by Gasteiger charge is -2.10. The van der Waals surface area contributed by atoms with Gasteiger partial charge in [0, 0.05) is 6.42 Å². The van der Waals surface area contributed by atoms with Gasteiger partial charge in [0.05, 0.1) is 19.8 Å². The van der Waals surface area contributed by atoms with E-state index in [1.165, 1.54) is 14.2 Å². The summed E-state index contributed by atoms with van der Waals surface area (Å²) < 4.78 is 9.29. The Morgan fingerprint density at radius 2 is 1.88 bits per heavy atom. The summed E-state index contributed by atoms with van der Waals surface area (Å²) in [5, 5.41) is 0. The number of methoxy groups -OCH3 is 2. The minimum Gasteiger partial charge on any atom is -0.469 e. The summed E-state index contributed by atoms with van der Waals surface area (Å²) >= 11 is 0. The average Bonchev–Trinajstić information content (AvgIpc) is 2.35. The van der Waals surface area contributed by atoms with Crippen LogP contribution in [0.25, 0.3) is 0 Å². The van der Waals surface area contributed by atoms with Crippen molar-refractivity contribution in [1.82, 2.24) is 0 Å². The zero-order chi connectivity index (χ0) is 12.8. The second kappa shape index (κ2) is 6.03. The lowest BCUT2D eigenvalue weighted by Crippen LogP contribution is -2.09. The van der Waals surface area contributed by atoms with E-state index >= 15 is 0 Å². The molecule has 0 fully saturated rings. The number of carbonyl (C=O) groups excluding carboxylic acids is 2. The minimum absolute atomic E-state index is 0.255. The molecular formula is C13H16O4. The Morgan fingerprint density at radius 3 is 2.47 bits per heavy atom. The molecule has 0 aliphatic rings.